The first-order valence-corrected chi connectivity index (χ1v) is 7.42. The maximum absolute atomic E-state index is 12.4. The molecule has 0 aliphatic carbocycles. The van der Waals surface area contributed by atoms with E-state index in [4.69, 9.17) is 32.7 Å². The lowest BCUT2D eigenvalue weighted by Crippen LogP contribution is -2.14. The van der Waals surface area contributed by atoms with E-state index in [-0.39, 0.29) is 23.2 Å². The molecule has 0 spiro atoms. The number of hydrogen-bond acceptors (Lipinski definition) is 4. The Kier molecular flexibility index (Phi) is 4.15. The predicted octanol–water partition coefficient (Wildman–Crippen LogP) is 4.18. The third kappa shape index (κ3) is 3.11. The molecule has 0 fully saturated rings. The molecule has 0 atom stereocenters. The lowest BCUT2D eigenvalue weighted by Gasteiger charge is -2.11. The van der Waals surface area contributed by atoms with Crippen LogP contribution in [0.5, 0.6) is 11.5 Å². The SMILES string of the molecule is CC(=O)c1cc2c(cc1NC(=O)c1ccc(Cl)cc1Cl)OCO2. The van der Waals surface area contributed by atoms with Gasteiger partial charge in [-0.3, -0.25) is 9.59 Å². The maximum atomic E-state index is 12.4. The van der Waals surface area contributed by atoms with Crippen LogP contribution < -0.4 is 14.8 Å². The molecule has 0 saturated carbocycles. The van der Waals surface area contributed by atoms with Gasteiger partial charge < -0.3 is 14.8 Å². The van der Waals surface area contributed by atoms with Gasteiger partial charge in [0.25, 0.3) is 5.91 Å². The molecule has 1 amide bonds. The quantitative estimate of drug-likeness (QED) is 0.842. The van der Waals surface area contributed by atoms with Crippen molar-refractivity contribution >= 4 is 40.6 Å². The van der Waals surface area contributed by atoms with E-state index < -0.39 is 5.91 Å². The molecule has 0 radical (unpaired) electrons. The molecule has 1 aliphatic heterocycles. The summed E-state index contributed by atoms with van der Waals surface area (Å²) in [5.74, 6) is 0.277. The summed E-state index contributed by atoms with van der Waals surface area (Å²) in [5, 5.41) is 3.33. The number of fused-ring (bicyclic) bond motifs is 1. The van der Waals surface area contributed by atoms with E-state index in [0.29, 0.717) is 27.8 Å². The maximum Gasteiger partial charge on any atom is 0.257 e. The Balaban J connectivity index is 1.96. The molecule has 118 valence electrons. The van der Waals surface area contributed by atoms with Crippen molar-refractivity contribution in [1.29, 1.82) is 0 Å². The van der Waals surface area contributed by atoms with Crippen molar-refractivity contribution in [3.63, 3.8) is 0 Å². The second kappa shape index (κ2) is 6.10. The fourth-order valence-corrected chi connectivity index (χ4v) is 2.69. The highest BCUT2D eigenvalue weighted by molar-refractivity contribution is 6.37. The Morgan fingerprint density at radius 1 is 1.04 bits per heavy atom. The number of Topliss-reactive ketones (excluding diaryl/α,β-unsaturated/α-hetero) is 1. The zero-order chi connectivity index (χ0) is 16.6. The molecular weight excluding hydrogens is 341 g/mol. The molecule has 23 heavy (non-hydrogen) atoms. The van der Waals surface area contributed by atoms with Crippen LogP contribution in [0.4, 0.5) is 5.69 Å². The Morgan fingerprint density at radius 3 is 2.39 bits per heavy atom. The van der Waals surface area contributed by atoms with Gasteiger partial charge in [0.2, 0.25) is 6.79 Å². The molecule has 1 aliphatic rings. The number of nitrogens with one attached hydrogen (secondary N) is 1. The lowest BCUT2D eigenvalue weighted by atomic mass is 10.1. The Morgan fingerprint density at radius 2 is 1.74 bits per heavy atom. The normalized spacial score (nSPS) is 12.1. The first-order chi connectivity index (χ1) is 11.0. The molecule has 5 nitrogen and oxygen atoms in total. The van der Waals surface area contributed by atoms with Gasteiger partial charge in [-0.05, 0) is 31.2 Å². The monoisotopic (exact) mass is 351 g/mol. The molecular formula is C16H11Cl2NO4. The largest absolute Gasteiger partial charge is 0.454 e. The second-order valence-electron chi connectivity index (χ2n) is 4.89. The van der Waals surface area contributed by atoms with Crippen molar-refractivity contribution in [2.75, 3.05) is 12.1 Å². The number of carbonyl (C=O) groups is 2. The van der Waals surface area contributed by atoms with E-state index in [9.17, 15) is 9.59 Å². The van der Waals surface area contributed by atoms with Gasteiger partial charge in [-0.15, -0.1) is 0 Å². The zero-order valence-electron chi connectivity index (χ0n) is 12.0. The first kappa shape index (κ1) is 15.6. The van der Waals surface area contributed by atoms with Gasteiger partial charge in [-0.2, -0.15) is 0 Å². The van der Waals surface area contributed by atoms with Gasteiger partial charge in [0.05, 0.1) is 16.3 Å². The summed E-state index contributed by atoms with van der Waals surface area (Å²) < 4.78 is 10.5. The second-order valence-corrected chi connectivity index (χ2v) is 5.73. The molecule has 7 heteroatoms. The molecule has 1 N–H and O–H groups in total. The molecule has 2 aromatic rings. The van der Waals surface area contributed by atoms with Gasteiger partial charge in [0.15, 0.2) is 17.3 Å². The minimum absolute atomic E-state index is 0.0765. The van der Waals surface area contributed by atoms with Crippen LogP contribution in [0.1, 0.15) is 27.6 Å². The average molecular weight is 352 g/mol. The zero-order valence-corrected chi connectivity index (χ0v) is 13.5. The molecule has 0 bridgehead atoms. The number of carbonyl (C=O) groups excluding carboxylic acids is 2. The lowest BCUT2D eigenvalue weighted by molar-refractivity contribution is 0.101. The number of ketones is 1. The van der Waals surface area contributed by atoms with Crippen LogP contribution in [0.2, 0.25) is 10.0 Å². The van der Waals surface area contributed by atoms with Gasteiger partial charge >= 0.3 is 0 Å². The summed E-state index contributed by atoms with van der Waals surface area (Å²) in [6.45, 7) is 1.48. The van der Waals surface area contributed by atoms with Crippen LogP contribution in [0, 0.1) is 0 Å². The van der Waals surface area contributed by atoms with E-state index >= 15 is 0 Å². The Bertz CT molecular complexity index is 820. The van der Waals surface area contributed by atoms with Crippen LogP contribution in [0.15, 0.2) is 30.3 Å². The molecule has 0 saturated heterocycles. The topological polar surface area (TPSA) is 64.6 Å². The number of benzene rings is 2. The van der Waals surface area contributed by atoms with E-state index in [1.165, 1.54) is 19.1 Å². The summed E-state index contributed by atoms with van der Waals surface area (Å²) in [4.78, 5) is 24.2. The van der Waals surface area contributed by atoms with E-state index in [1.54, 1.807) is 18.2 Å². The summed E-state index contributed by atoms with van der Waals surface area (Å²) >= 11 is 11.9. The highest BCUT2D eigenvalue weighted by atomic mass is 35.5. The van der Waals surface area contributed by atoms with Gasteiger partial charge in [-0.25, -0.2) is 0 Å². The molecule has 2 aromatic carbocycles. The summed E-state index contributed by atoms with van der Waals surface area (Å²) in [7, 11) is 0. The van der Waals surface area contributed by atoms with Crippen molar-refractivity contribution in [1.82, 2.24) is 0 Å². The van der Waals surface area contributed by atoms with Crippen molar-refractivity contribution in [2.24, 2.45) is 0 Å². The number of halogens is 2. The van der Waals surface area contributed by atoms with Crippen LogP contribution >= 0.6 is 23.2 Å². The number of anilines is 1. The molecule has 3 rings (SSSR count). The number of hydrogen-bond donors (Lipinski definition) is 1. The standard InChI is InChI=1S/C16H11Cl2NO4/c1-8(20)11-5-14-15(23-7-22-14)6-13(11)19-16(21)10-3-2-9(17)4-12(10)18/h2-6H,7H2,1H3,(H,19,21). The highest BCUT2D eigenvalue weighted by Gasteiger charge is 2.21. The van der Waals surface area contributed by atoms with Crippen molar-refractivity contribution in [3.05, 3.63) is 51.5 Å². The highest BCUT2D eigenvalue weighted by Crippen LogP contribution is 2.37. The first-order valence-electron chi connectivity index (χ1n) is 6.66. The van der Waals surface area contributed by atoms with Crippen molar-refractivity contribution in [2.45, 2.75) is 6.92 Å². The van der Waals surface area contributed by atoms with Crippen LogP contribution in [-0.4, -0.2) is 18.5 Å². The number of rotatable bonds is 3. The third-order valence-corrected chi connectivity index (χ3v) is 3.86. The molecule has 1 heterocycles. The van der Waals surface area contributed by atoms with Gasteiger partial charge in [0.1, 0.15) is 0 Å². The smallest absolute Gasteiger partial charge is 0.257 e. The Hall–Kier alpha value is -2.24. The summed E-state index contributed by atoms with van der Waals surface area (Å²) in [6.07, 6.45) is 0. The van der Waals surface area contributed by atoms with E-state index in [2.05, 4.69) is 5.32 Å². The number of amides is 1. The summed E-state index contributed by atoms with van der Waals surface area (Å²) in [6, 6.07) is 7.66. The summed E-state index contributed by atoms with van der Waals surface area (Å²) in [5.41, 5.74) is 0.911. The fraction of sp³-hybridized carbons (Fsp3) is 0.125. The molecule has 0 aromatic heterocycles. The van der Waals surface area contributed by atoms with Crippen LogP contribution in [0.3, 0.4) is 0 Å². The van der Waals surface area contributed by atoms with Crippen LogP contribution in [0.25, 0.3) is 0 Å². The van der Waals surface area contributed by atoms with Crippen molar-refractivity contribution in [3.8, 4) is 11.5 Å². The van der Waals surface area contributed by atoms with E-state index in [1.807, 2.05) is 0 Å². The Labute approximate surface area is 142 Å². The van der Waals surface area contributed by atoms with Gasteiger partial charge in [-0.1, -0.05) is 23.2 Å². The minimum Gasteiger partial charge on any atom is -0.454 e. The third-order valence-electron chi connectivity index (χ3n) is 3.32. The van der Waals surface area contributed by atoms with Gasteiger partial charge in [0, 0.05) is 16.7 Å². The minimum atomic E-state index is -0.451. The average Bonchev–Trinajstić information content (AvgIpc) is 2.93. The fourth-order valence-electron chi connectivity index (χ4n) is 2.20. The predicted molar refractivity (Wildman–Crippen MR) is 87.0 cm³/mol. The van der Waals surface area contributed by atoms with Crippen molar-refractivity contribution < 1.29 is 19.1 Å². The number of ether oxygens (including phenoxy) is 2. The molecule has 0 unspecified atom stereocenters. The van der Waals surface area contributed by atoms with E-state index in [0.717, 1.165) is 0 Å². The van der Waals surface area contributed by atoms with Crippen LogP contribution in [-0.2, 0) is 0 Å².